The van der Waals surface area contributed by atoms with Gasteiger partial charge >= 0.3 is 5.97 Å². The molecule has 2 rings (SSSR count). The molecule has 154 valence electrons. The summed E-state index contributed by atoms with van der Waals surface area (Å²) in [5.41, 5.74) is 0.611. The number of carbonyl (C=O) groups excluding carboxylic acids is 3. The number of carbonyl (C=O) groups is 3. The minimum Gasteiger partial charge on any atom is -0.462 e. The molecule has 0 fully saturated rings. The second-order valence-electron chi connectivity index (χ2n) is 9.04. The van der Waals surface area contributed by atoms with Gasteiger partial charge in [-0.15, -0.1) is 0 Å². The average molecular weight is 395 g/mol. The molecule has 0 saturated heterocycles. The SMILES string of the molecule is CCOC(=O)C(C(=O)c1ccccn1)=C1C=C(C(C)(C)C)C(=O)C(C(C)(C)C)=C1. The molecule has 0 unspecified atom stereocenters. The molecular formula is C24H29NO4. The number of allylic oxidation sites excluding steroid dienone is 5. The fourth-order valence-electron chi connectivity index (χ4n) is 3.06. The maximum Gasteiger partial charge on any atom is 0.342 e. The Hall–Kier alpha value is -2.82. The van der Waals surface area contributed by atoms with Crippen molar-refractivity contribution in [2.24, 2.45) is 10.8 Å². The number of hydrogen-bond donors (Lipinski definition) is 0. The fraction of sp³-hybridized carbons (Fsp3) is 0.417. The number of aromatic nitrogens is 1. The molecule has 0 aliphatic heterocycles. The molecule has 0 atom stereocenters. The highest BCUT2D eigenvalue weighted by Crippen LogP contribution is 2.39. The third-order valence-corrected chi connectivity index (χ3v) is 4.60. The first-order valence-electron chi connectivity index (χ1n) is 9.74. The molecule has 0 aromatic carbocycles. The van der Waals surface area contributed by atoms with Crippen molar-refractivity contribution in [3.8, 4) is 0 Å². The van der Waals surface area contributed by atoms with E-state index >= 15 is 0 Å². The first-order chi connectivity index (χ1) is 13.4. The second-order valence-corrected chi connectivity index (χ2v) is 9.04. The summed E-state index contributed by atoms with van der Waals surface area (Å²) in [7, 11) is 0. The van der Waals surface area contributed by atoms with E-state index in [1.165, 1.54) is 6.20 Å². The number of ketones is 2. The topological polar surface area (TPSA) is 73.3 Å². The molecule has 0 spiro atoms. The van der Waals surface area contributed by atoms with Gasteiger partial charge in [0.15, 0.2) is 5.78 Å². The Balaban J connectivity index is 2.83. The molecule has 29 heavy (non-hydrogen) atoms. The summed E-state index contributed by atoms with van der Waals surface area (Å²) in [5.74, 6) is -1.31. The first-order valence-corrected chi connectivity index (χ1v) is 9.74. The highest BCUT2D eigenvalue weighted by atomic mass is 16.5. The van der Waals surface area contributed by atoms with Gasteiger partial charge in [-0.25, -0.2) is 4.79 Å². The summed E-state index contributed by atoms with van der Waals surface area (Å²) in [6.07, 6.45) is 4.78. The van der Waals surface area contributed by atoms with Gasteiger partial charge in [0, 0.05) is 17.3 Å². The number of hydrogen-bond acceptors (Lipinski definition) is 5. The zero-order valence-electron chi connectivity index (χ0n) is 18.3. The Kier molecular flexibility index (Phi) is 6.41. The van der Waals surface area contributed by atoms with Crippen molar-refractivity contribution in [2.45, 2.75) is 48.5 Å². The van der Waals surface area contributed by atoms with Crippen LogP contribution in [0.4, 0.5) is 0 Å². The van der Waals surface area contributed by atoms with Gasteiger partial charge < -0.3 is 4.74 Å². The van der Waals surface area contributed by atoms with E-state index in [1.807, 2.05) is 41.5 Å². The monoisotopic (exact) mass is 395 g/mol. The van der Waals surface area contributed by atoms with E-state index < -0.39 is 22.6 Å². The molecule has 1 heterocycles. The first kappa shape index (κ1) is 22.5. The number of esters is 1. The van der Waals surface area contributed by atoms with E-state index in [2.05, 4.69) is 4.98 Å². The summed E-state index contributed by atoms with van der Waals surface area (Å²) >= 11 is 0. The van der Waals surface area contributed by atoms with Gasteiger partial charge in [-0.1, -0.05) is 47.6 Å². The maximum atomic E-state index is 13.2. The highest BCUT2D eigenvalue weighted by Gasteiger charge is 2.36. The predicted molar refractivity (Wildman–Crippen MR) is 112 cm³/mol. The minimum atomic E-state index is -0.721. The van der Waals surface area contributed by atoms with Crippen molar-refractivity contribution in [3.05, 3.63) is 64.5 Å². The molecule has 1 aliphatic rings. The number of Topliss-reactive ketones (excluding diaryl/α,β-unsaturated/α-hetero) is 2. The van der Waals surface area contributed by atoms with Crippen molar-refractivity contribution in [2.75, 3.05) is 6.61 Å². The van der Waals surface area contributed by atoms with Crippen molar-refractivity contribution in [3.63, 3.8) is 0 Å². The van der Waals surface area contributed by atoms with Gasteiger partial charge in [-0.05, 0) is 47.6 Å². The number of pyridine rings is 1. The van der Waals surface area contributed by atoms with Crippen molar-refractivity contribution < 1.29 is 19.1 Å². The van der Waals surface area contributed by atoms with E-state index in [9.17, 15) is 14.4 Å². The molecule has 1 aliphatic carbocycles. The quantitative estimate of drug-likeness (QED) is 0.244. The normalized spacial score (nSPS) is 14.9. The van der Waals surface area contributed by atoms with Gasteiger partial charge in [0.05, 0.1) is 6.61 Å². The molecule has 0 radical (unpaired) electrons. The van der Waals surface area contributed by atoms with Crippen LogP contribution >= 0.6 is 0 Å². The zero-order valence-corrected chi connectivity index (χ0v) is 18.3. The lowest BCUT2D eigenvalue weighted by atomic mass is 9.71. The van der Waals surface area contributed by atoms with Gasteiger partial charge in [0.2, 0.25) is 5.78 Å². The van der Waals surface area contributed by atoms with Crippen LogP contribution in [0.1, 0.15) is 59.0 Å². The average Bonchev–Trinajstić information content (AvgIpc) is 2.62. The molecule has 5 heteroatoms. The zero-order chi connectivity index (χ0) is 22.0. The Bertz CT molecular complexity index is 884. The van der Waals surface area contributed by atoms with Crippen LogP contribution in [-0.2, 0) is 14.3 Å². The van der Waals surface area contributed by atoms with Gasteiger partial charge in [0.1, 0.15) is 11.3 Å². The molecule has 0 N–H and O–H groups in total. The summed E-state index contributed by atoms with van der Waals surface area (Å²) < 4.78 is 5.18. The van der Waals surface area contributed by atoms with Crippen molar-refractivity contribution in [1.29, 1.82) is 0 Å². The molecule has 0 bridgehead atoms. The fourth-order valence-corrected chi connectivity index (χ4v) is 3.06. The van der Waals surface area contributed by atoms with Crippen LogP contribution in [0.5, 0.6) is 0 Å². The van der Waals surface area contributed by atoms with E-state index in [-0.39, 0.29) is 23.7 Å². The predicted octanol–water partition coefficient (Wildman–Crippen LogP) is 4.65. The smallest absolute Gasteiger partial charge is 0.342 e. The van der Waals surface area contributed by atoms with Crippen LogP contribution in [0.2, 0.25) is 0 Å². The standard InChI is InChI=1S/C24H29NO4/c1-8-29-22(28)19(21(27)18-11-9-10-12-25-18)15-13-16(23(2,3)4)20(26)17(14-15)24(5,6)7/h9-14H,8H2,1-7H3. The Morgan fingerprint density at radius 3 is 1.93 bits per heavy atom. The van der Waals surface area contributed by atoms with E-state index in [0.29, 0.717) is 16.7 Å². The summed E-state index contributed by atoms with van der Waals surface area (Å²) in [4.78, 5) is 43.2. The number of ether oxygens (including phenoxy) is 1. The molecule has 0 saturated carbocycles. The molecule has 1 aromatic heterocycles. The minimum absolute atomic E-state index is 0.0674. The summed E-state index contributed by atoms with van der Waals surface area (Å²) in [6, 6.07) is 4.94. The van der Waals surface area contributed by atoms with Crippen LogP contribution in [0, 0.1) is 10.8 Å². The van der Waals surface area contributed by atoms with Crippen LogP contribution in [0.3, 0.4) is 0 Å². The van der Waals surface area contributed by atoms with Crippen LogP contribution in [0.15, 0.2) is 58.8 Å². The third kappa shape index (κ3) is 4.97. The maximum absolute atomic E-state index is 13.2. The van der Waals surface area contributed by atoms with Crippen molar-refractivity contribution >= 4 is 17.5 Å². The molecule has 0 amide bonds. The summed E-state index contributed by atoms with van der Waals surface area (Å²) in [6.45, 7) is 13.4. The summed E-state index contributed by atoms with van der Waals surface area (Å²) in [5, 5.41) is 0. The van der Waals surface area contributed by atoms with Gasteiger partial charge in [-0.2, -0.15) is 0 Å². The van der Waals surface area contributed by atoms with Crippen LogP contribution < -0.4 is 0 Å². The number of rotatable bonds is 4. The lowest BCUT2D eigenvalue weighted by Gasteiger charge is -2.31. The van der Waals surface area contributed by atoms with Crippen LogP contribution in [0.25, 0.3) is 0 Å². The third-order valence-electron chi connectivity index (χ3n) is 4.60. The lowest BCUT2D eigenvalue weighted by Crippen LogP contribution is -2.29. The van der Waals surface area contributed by atoms with E-state index in [0.717, 1.165) is 0 Å². The van der Waals surface area contributed by atoms with Crippen LogP contribution in [-0.4, -0.2) is 29.1 Å². The highest BCUT2D eigenvalue weighted by molar-refractivity contribution is 6.25. The molecular weight excluding hydrogens is 366 g/mol. The van der Waals surface area contributed by atoms with Gasteiger partial charge in [0.25, 0.3) is 0 Å². The Morgan fingerprint density at radius 1 is 0.966 bits per heavy atom. The lowest BCUT2D eigenvalue weighted by molar-refractivity contribution is -0.138. The van der Waals surface area contributed by atoms with Gasteiger partial charge in [-0.3, -0.25) is 14.6 Å². The Morgan fingerprint density at radius 2 is 1.52 bits per heavy atom. The van der Waals surface area contributed by atoms with Crippen molar-refractivity contribution in [1.82, 2.24) is 4.98 Å². The second kappa shape index (κ2) is 8.27. The Labute approximate surface area is 172 Å². The molecule has 5 nitrogen and oxygen atoms in total. The molecule has 1 aromatic rings. The van der Waals surface area contributed by atoms with E-state index in [4.69, 9.17) is 4.74 Å². The number of nitrogens with zero attached hydrogens (tertiary/aromatic N) is 1. The van der Waals surface area contributed by atoms with E-state index in [1.54, 1.807) is 37.3 Å². The largest absolute Gasteiger partial charge is 0.462 e.